The second-order valence-corrected chi connectivity index (χ2v) is 4.30. The maximum Gasteiger partial charge on any atom is 0.127 e. The van der Waals surface area contributed by atoms with E-state index in [1.54, 1.807) is 12.1 Å². The predicted octanol–water partition coefficient (Wildman–Crippen LogP) is 4.64. The highest BCUT2D eigenvalue weighted by atomic mass is 19.1. The third kappa shape index (κ3) is 4.21. The van der Waals surface area contributed by atoms with E-state index in [4.69, 9.17) is 5.73 Å². The summed E-state index contributed by atoms with van der Waals surface area (Å²) < 4.78 is 13.8. The second kappa shape index (κ2) is 7.26. The molecule has 0 spiro atoms. The highest BCUT2D eigenvalue weighted by Gasteiger charge is 2.11. The normalized spacial score (nSPS) is 12.6. The molecule has 0 bridgehead atoms. The van der Waals surface area contributed by atoms with Gasteiger partial charge in [0.25, 0.3) is 0 Å². The maximum absolute atomic E-state index is 13.8. The van der Waals surface area contributed by atoms with Crippen molar-refractivity contribution >= 4 is 5.69 Å². The van der Waals surface area contributed by atoms with Gasteiger partial charge in [0.05, 0.1) is 0 Å². The SMILES string of the molecule is CCCCCCCC(F)c1ccccc1N. The third-order valence-corrected chi connectivity index (χ3v) is 2.89. The van der Waals surface area contributed by atoms with Crippen molar-refractivity contribution < 1.29 is 4.39 Å². The zero-order chi connectivity index (χ0) is 11.8. The van der Waals surface area contributed by atoms with Crippen molar-refractivity contribution in [1.29, 1.82) is 0 Å². The Morgan fingerprint density at radius 1 is 1.12 bits per heavy atom. The molecule has 0 radical (unpaired) electrons. The minimum atomic E-state index is -0.900. The lowest BCUT2D eigenvalue weighted by Crippen LogP contribution is -1.98. The highest BCUT2D eigenvalue weighted by molar-refractivity contribution is 5.47. The minimum Gasteiger partial charge on any atom is -0.398 e. The van der Waals surface area contributed by atoms with E-state index < -0.39 is 6.17 Å². The van der Waals surface area contributed by atoms with Crippen LogP contribution in [0, 0.1) is 0 Å². The fourth-order valence-electron chi connectivity index (χ4n) is 1.88. The summed E-state index contributed by atoms with van der Waals surface area (Å²) in [7, 11) is 0. The second-order valence-electron chi connectivity index (χ2n) is 4.30. The van der Waals surface area contributed by atoms with Gasteiger partial charge < -0.3 is 5.73 Å². The first-order valence-corrected chi connectivity index (χ1v) is 6.24. The molecular weight excluding hydrogens is 201 g/mol. The molecule has 0 fully saturated rings. The summed E-state index contributed by atoms with van der Waals surface area (Å²) in [6, 6.07) is 7.23. The van der Waals surface area contributed by atoms with Crippen LogP contribution in [0.15, 0.2) is 24.3 Å². The number of nitrogen functional groups attached to an aromatic ring is 1. The number of benzene rings is 1. The number of alkyl halides is 1. The molecule has 16 heavy (non-hydrogen) atoms. The molecule has 1 nitrogen and oxygen atoms in total. The first-order chi connectivity index (χ1) is 7.75. The van der Waals surface area contributed by atoms with Gasteiger partial charge in [-0.2, -0.15) is 0 Å². The van der Waals surface area contributed by atoms with Gasteiger partial charge in [-0.1, -0.05) is 57.2 Å². The molecule has 0 aliphatic rings. The maximum atomic E-state index is 13.8. The summed E-state index contributed by atoms with van der Waals surface area (Å²) in [4.78, 5) is 0. The number of rotatable bonds is 7. The van der Waals surface area contributed by atoms with Gasteiger partial charge in [-0.3, -0.25) is 0 Å². The summed E-state index contributed by atoms with van der Waals surface area (Å²) >= 11 is 0. The zero-order valence-corrected chi connectivity index (χ0v) is 10.1. The Kier molecular flexibility index (Phi) is 5.91. The van der Waals surface area contributed by atoms with Crippen LogP contribution in [0.5, 0.6) is 0 Å². The molecule has 1 aromatic rings. The predicted molar refractivity (Wildman–Crippen MR) is 68.1 cm³/mol. The van der Waals surface area contributed by atoms with Crippen LogP contribution in [0.25, 0.3) is 0 Å². The molecule has 2 N–H and O–H groups in total. The minimum absolute atomic E-state index is 0.573. The largest absolute Gasteiger partial charge is 0.398 e. The Labute approximate surface area is 97.9 Å². The van der Waals surface area contributed by atoms with E-state index in [0.29, 0.717) is 17.7 Å². The van der Waals surface area contributed by atoms with E-state index in [1.165, 1.54) is 19.3 Å². The average molecular weight is 223 g/mol. The quantitative estimate of drug-likeness (QED) is 0.529. The number of hydrogen-bond donors (Lipinski definition) is 1. The third-order valence-electron chi connectivity index (χ3n) is 2.89. The number of halogens is 1. The first-order valence-electron chi connectivity index (χ1n) is 6.24. The lowest BCUT2D eigenvalue weighted by molar-refractivity contribution is 0.313. The number of hydrogen-bond acceptors (Lipinski definition) is 1. The number of para-hydroxylation sites is 1. The molecular formula is C14H22FN. The van der Waals surface area contributed by atoms with Crippen LogP contribution < -0.4 is 5.73 Å². The first kappa shape index (κ1) is 13.0. The summed E-state index contributed by atoms with van der Waals surface area (Å²) in [6.45, 7) is 2.18. The molecule has 0 saturated carbocycles. The van der Waals surface area contributed by atoms with Crippen LogP contribution in [0.3, 0.4) is 0 Å². The van der Waals surface area contributed by atoms with Crippen molar-refractivity contribution in [3.63, 3.8) is 0 Å². The number of unbranched alkanes of at least 4 members (excludes halogenated alkanes) is 4. The Morgan fingerprint density at radius 3 is 2.50 bits per heavy atom. The molecule has 1 rings (SSSR count). The zero-order valence-electron chi connectivity index (χ0n) is 10.1. The smallest absolute Gasteiger partial charge is 0.127 e. The molecule has 2 heteroatoms. The molecule has 1 atom stereocenters. The van der Waals surface area contributed by atoms with Crippen LogP contribution in [0.1, 0.15) is 57.2 Å². The van der Waals surface area contributed by atoms with E-state index in [-0.39, 0.29) is 0 Å². The molecule has 0 saturated heterocycles. The van der Waals surface area contributed by atoms with Crippen molar-refractivity contribution in [2.75, 3.05) is 5.73 Å². The van der Waals surface area contributed by atoms with Gasteiger partial charge in [0, 0.05) is 11.3 Å². The lowest BCUT2D eigenvalue weighted by Gasteiger charge is -2.10. The van der Waals surface area contributed by atoms with Crippen LogP contribution >= 0.6 is 0 Å². The highest BCUT2D eigenvalue weighted by Crippen LogP contribution is 2.28. The Bertz CT molecular complexity index is 299. The van der Waals surface area contributed by atoms with Crippen molar-refractivity contribution in [3.05, 3.63) is 29.8 Å². The fraction of sp³-hybridized carbons (Fsp3) is 0.571. The standard InChI is InChI=1S/C14H22FN/c1-2-3-4-5-6-10-13(15)12-9-7-8-11-14(12)16/h7-9,11,13H,2-6,10,16H2,1H3. The Balaban J connectivity index is 2.30. The topological polar surface area (TPSA) is 26.0 Å². The van der Waals surface area contributed by atoms with Gasteiger partial charge in [-0.05, 0) is 12.5 Å². The van der Waals surface area contributed by atoms with Gasteiger partial charge in [-0.25, -0.2) is 4.39 Å². The molecule has 0 aliphatic carbocycles. The van der Waals surface area contributed by atoms with Crippen molar-refractivity contribution in [2.45, 2.75) is 51.6 Å². The van der Waals surface area contributed by atoms with Crippen molar-refractivity contribution in [1.82, 2.24) is 0 Å². The molecule has 0 aromatic heterocycles. The van der Waals surface area contributed by atoms with Gasteiger partial charge in [0.1, 0.15) is 6.17 Å². The molecule has 0 heterocycles. The van der Waals surface area contributed by atoms with E-state index in [1.807, 2.05) is 12.1 Å². The summed E-state index contributed by atoms with van der Waals surface area (Å²) in [5.41, 5.74) is 6.96. The van der Waals surface area contributed by atoms with Crippen LogP contribution in [-0.2, 0) is 0 Å². The molecule has 0 aliphatic heterocycles. The van der Waals surface area contributed by atoms with Gasteiger partial charge >= 0.3 is 0 Å². The van der Waals surface area contributed by atoms with Gasteiger partial charge in [0.2, 0.25) is 0 Å². The monoisotopic (exact) mass is 223 g/mol. The lowest BCUT2D eigenvalue weighted by atomic mass is 10.0. The Hall–Kier alpha value is -1.05. The molecule has 0 amide bonds. The van der Waals surface area contributed by atoms with Gasteiger partial charge in [0.15, 0.2) is 0 Å². The van der Waals surface area contributed by atoms with Crippen LogP contribution in [0.2, 0.25) is 0 Å². The van der Waals surface area contributed by atoms with Crippen LogP contribution in [-0.4, -0.2) is 0 Å². The molecule has 90 valence electrons. The average Bonchev–Trinajstić information content (AvgIpc) is 2.29. The van der Waals surface area contributed by atoms with E-state index in [2.05, 4.69) is 6.92 Å². The summed E-state index contributed by atoms with van der Waals surface area (Å²) in [5.74, 6) is 0. The molecule has 1 unspecified atom stereocenters. The van der Waals surface area contributed by atoms with E-state index in [9.17, 15) is 4.39 Å². The van der Waals surface area contributed by atoms with Gasteiger partial charge in [-0.15, -0.1) is 0 Å². The fourth-order valence-corrected chi connectivity index (χ4v) is 1.88. The Morgan fingerprint density at radius 2 is 1.81 bits per heavy atom. The van der Waals surface area contributed by atoms with Crippen molar-refractivity contribution in [3.8, 4) is 0 Å². The van der Waals surface area contributed by atoms with Crippen LogP contribution in [0.4, 0.5) is 10.1 Å². The van der Waals surface area contributed by atoms with E-state index >= 15 is 0 Å². The van der Waals surface area contributed by atoms with E-state index in [0.717, 1.165) is 12.8 Å². The molecule has 1 aromatic carbocycles. The summed E-state index contributed by atoms with van der Waals surface area (Å²) in [6.07, 6.45) is 5.47. The number of anilines is 1. The number of nitrogens with two attached hydrogens (primary N) is 1. The summed E-state index contributed by atoms with van der Waals surface area (Å²) in [5, 5.41) is 0. The van der Waals surface area contributed by atoms with Crippen molar-refractivity contribution in [2.24, 2.45) is 0 Å².